The lowest BCUT2D eigenvalue weighted by Crippen LogP contribution is -2.25. The van der Waals surface area contributed by atoms with E-state index >= 15 is 0 Å². The minimum atomic E-state index is -1.30. The molecule has 0 fully saturated rings. The predicted octanol–water partition coefficient (Wildman–Crippen LogP) is 3.27. The van der Waals surface area contributed by atoms with E-state index in [1.165, 1.54) is 18.3 Å². The van der Waals surface area contributed by atoms with E-state index in [1.54, 1.807) is 54.6 Å². The molecule has 0 saturated heterocycles. The van der Waals surface area contributed by atoms with Crippen LogP contribution in [-0.2, 0) is 4.79 Å². The van der Waals surface area contributed by atoms with E-state index < -0.39 is 12.0 Å². The second kappa shape index (κ2) is 7.55. The van der Waals surface area contributed by atoms with Crippen molar-refractivity contribution in [2.75, 3.05) is 0 Å². The van der Waals surface area contributed by atoms with Gasteiger partial charge in [0, 0.05) is 5.56 Å². The van der Waals surface area contributed by atoms with Gasteiger partial charge in [0.2, 0.25) is 0 Å². The van der Waals surface area contributed by atoms with Crippen molar-refractivity contribution in [2.45, 2.75) is 6.10 Å². The highest BCUT2D eigenvalue weighted by Crippen LogP contribution is 2.21. The zero-order valence-corrected chi connectivity index (χ0v) is 13.1. The minimum absolute atomic E-state index is 0.322. The van der Waals surface area contributed by atoms with Crippen LogP contribution in [0.4, 0.5) is 4.39 Å². The number of carbonyl (C=O) groups excluding carboxylic acids is 1. The van der Waals surface area contributed by atoms with Crippen LogP contribution in [0.5, 0.6) is 0 Å². The Morgan fingerprint density at radius 3 is 2.52 bits per heavy atom. The molecule has 0 aliphatic carbocycles. The molecule has 6 heteroatoms. The van der Waals surface area contributed by atoms with Gasteiger partial charge in [-0.1, -0.05) is 30.3 Å². The number of furan rings is 1. The maximum absolute atomic E-state index is 12.9. The first-order valence-electron chi connectivity index (χ1n) is 7.55. The molecule has 0 aliphatic rings. The Labute approximate surface area is 143 Å². The number of hydrogen-bond donors (Lipinski definition) is 2. The number of benzene rings is 2. The average Bonchev–Trinajstić information content (AvgIpc) is 3.11. The van der Waals surface area contributed by atoms with Gasteiger partial charge in [0.15, 0.2) is 6.10 Å². The fourth-order valence-corrected chi connectivity index (χ4v) is 2.20. The number of halogens is 1. The zero-order valence-electron chi connectivity index (χ0n) is 13.1. The van der Waals surface area contributed by atoms with E-state index in [1.807, 2.05) is 0 Å². The van der Waals surface area contributed by atoms with E-state index in [0.717, 1.165) is 5.56 Å². The molecule has 1 heterocycles. The third kappa shape index (κ3) is 4.19. The molecule has 1 atom stereocenters. The Kier molecular flexibility index (Phi) is 5.01. The molecular formula is C19H15FN2O3. The Morgan fingerprint density at radius 2 is 1.80 bits per heavy atom. The first-order chi connectivity index (χ1) is 12.1. The molecule has 2 aromatic carbocycles. The normalized spacial score (nSPS) is 12.2. The SMILES string of the molecule is O=C(N/N=C\c1ccc(-c2ccc(F)cc2)o1)[C@@H](O)c1ccccc1. The molecule has 2 N–H and O–H groups in total. The smallest absolute Gasteiger partial charge is 0.273 e. The molecule has 3 aromatic rings. The highest BCUT2D eigenvalue weighted by molar-refractivity contribution is 5.84. The molecule has 25 heavy (non-hydrogen) atoms. The van der Waals surface area contributed by atoms with E-state index in [4.69, 9.17) is 4.42 Å². The zero-order chi connectivity index (χ0) is 17.6. The van der Waals surface area contributed by atoms with Crippen molar-refractivity contribution in [1.29, 1.82) is 0 Å². The standard InChI is InChI=1S/C19H15FN2O3/c20-15-8-6-13(7-9-15)17-11-10-16(25-17)12-21-22-19(24)18(23)14-4-2-1-3-5-14/h1-12,18,23H,(H,22,24)/b21-12-/t18-/m0/s1. The summed E-state index contributed by atoms with van der Waals surface area (Å²) in [6.07, 6.45) is 0.0209. The summed E-state index contributed by atoms with van der Waals surface area (Å²) in [5, 5.41) is 13.7. The quantitative estimate of drug-likeness (QED) is 0.554. The van der Waals surface area contributed by atoms with E-state index in [-0.39, 0.29) is 5.82 Å². The maximum atomic E-state index is 12.9. The fourth-order valence-electron chi connectivity index (χ4n) is 2.20. The lowest BCUT2D eigenvalue weighted by molar-refractivity contribution is -0.129. The fraction of sp³-hybridized carbons (Fsp3) is 0.0526. The van der Waals surface area contributed by atoms with Crippen LogP contribution in [0.25, 0.3) is 11.3 Å². The van der Waals surface area contributed by atoms with E-state index in [9.17, 15) is 14.3 Å². The van der Waals surface area contributed by atoms with E-state index in [2.05, 4.69) is 10.5 Å². The van der Waals surface area contributed by atoms with Crippen LogP contribution in [0.2, 0.25) is 0 Å². The summed E-state index contributed by atoms with van der Waals surface area (Å²) >= 11 is 0. The van der Waals surface area contributed by atoms with Crippen molar-refractivity contribution in [3.05, 3.63) is 83.9 Å². The number of rotatable bonds is 5. The van der Waals surface area contributed by atoms with E-state index in [0.29, 0.717) is 17.1 Å². The molecule has 0 aliphatic heterocycles. The molecular weight excluding hydrogens is 323 g/mol. The monoisotopic (exact) mass is 338 g/mol. The van der Waals surface area contributed by atoms with Crippen LogP contribution in [-0.4, -0.2) is 17.2 Å². The number of carbonyl (C=O) groups is 1. The van der Waals surface area contributed by atoms with Crippen molar-refractivity contribution in [3.63, 3.8) is 0 Å². The number of aliphatic hydroxyl groups excluding tert-OH is 1. The first kappa shape index (κ1) is 16.6. The summed E-state index contributed by atoms with van der Waals surface area (Å²) in [6.45, 7) is 0. The second-order valence-electron chi connectivity index (χ2n) is 5.26. The van der Waals surface area contributed by atoms with Crippen LogP contribution in [0.1, 0.15) is 17.4 Å². The van der Waals surface area contributed by atoms with Gasteiger partial charge >= 0.3 is 0 Å². The van der Waals surface area contributed by atoms with Crippen molar-refractivity contribution >= 4 is 12.1 Å². The van der Waals surface area contributed by atoms with Gasteiger partial charge in [-0.3, -0.25) is 4.79 Å². The maximum Gasteiger partial charge on any atom is 0.273 e. The summed E-state index contributed by atoms with van der Waals surface area (Å²) in [7, 11) is 0. The van der Waals surface area contributed by atoms with Gasteiger partial charge in [-0.15, -0.1) is 0 Å². The van der Waals surface area contributed by atoms with Gasteiger partial charge < -0.3 is 9.52 Å². The summed E-state index contributed by atoms with van der Waals surface area (Å²) < 4.78 is 18.5. The molecule has 5 nitrogen and oxygen atoms in total. The molecule has 3 rings (SSSR count). The van der Waals surface area contributed by atoms with Crippen LogP contribution in [0, 0.1) is 5.82 Å². The molecule has 0 bridgehead atoms. The number of nitrogens with zero attached hydrogens (tertiary/aromatic N) is 1. The highest BCUT2D eigenvalue weighted by atomic mass is 19.1. The lowest BCUT2D eigenvalue weighted by Gasteiger charge is -2.08. The lowest BCUT2D eigenvalue weighted by atomic mass is 10.1. The third-order valence-corrected chi connectivity index (χ3v) is 3.49. The molecule has 0 radical (unpaired) electrons. The third-order valence-electron chi connectivity index (χ3n) is 3.49. The van der Waals surface area contributed by atoms with Gasteiger partial charge in [-0.2, -0.15) is 5.10 Å². The first-order valence-corrected chi connectivity index (χ1v) is 7.55. The van der Waals surface area contributed by atoms with Crippen LogP contribution < -0.4 is 5.43 Å². The molecule has 0 spiro atoms. The van der Waals surface area contributed by atoms with Gasteiger partial charge in [0.05, 0.1) is 6.21 Å². The Balaban J connectivity index is 1.61. The Morgan fingerprint density at radius 1 is 1.08 bits per heavy atom. The van der Waals surface area contributed by atoms with Gasteiger partial charge in [-0.25, -0.2) is 9.82 Å². The number of hydrazone groups is 1. The van der Waals surface area contributed by atoms with Gasteiger partial charge in [-0.05, 0) is 42.0 Å². The summed E-state index contributed by atoms with van der Waals surface area (Å²) in [6, 6.07) is 17.8. The molecule has 1 aromatic heterocycles. The summed E-state index contributed by atoms with van der Waals surface area (Å²) in [5.41, 5.74) is 3.46. The van der Waals surface area contributed by atoms with Crippen molar-refractivity contribution in [2.24, 2.45) is 5.10 Å². The van der Waals surface area contributed by atoms with Crippen molar-refractivity contribution in [3.8, 4) is 11.3 Å². The minimum Gasteiger partial charge on any atom is -0.455 e. The van der Waals surface area contributed by atoms with Crippen molar-refractivity contribution < 1.29 is 18.7 Å². The van der Waals surface area contributed by atoms with Crippen LogP contribution >= 0.6 is 0 Å². The Bertz CT molecular complexity index is 873. The van der Waals surface area contributed by atoms with Crippen LogP contribution in [0.3, 0.4) is 0 Å². The second-order valence-corrected chi connectivity index (χ2v) is 5.26. The highest BCUT2D eigenvalue weighted by Gasteiger charge is 2.16. The summed E-state index contributed by atoms with van der Waals surface area (Å²) in [4.78, 5) is 11.9. The van der Waals surface area contributed by atoms with Gasteiger partial charge in [0.1, 0.15) is 17.3 Å². The number of hydrogen-bond acceptors (Lipinski definition) is 4. The van der Waals surface area contributed by atoms with Gasteiger partial charge in [0.25, 0.3) is 5.91 Å². The largest absolute Gasteiger partial charge is 0.455 e. The topological polar surface area (TPSA) is 74.8 Å². The number of nitrogens with one attached hydrogen (secondary N) is 1. The number of amides is 1. The molecule has 126 valence electrons. The molecule has 1 amide bonds. The van der Waals surface area contributed by atoms with Crippen molar-refractivity contribution in [1.82, 2.24) is 5.43 Å². The molecule has 0 unspecified atom stereocenters. The Hall–Kier alpha value is -3.25. The molecule has 0 saturated carbocycles. The average molecular weight is 338 g/mol. The predicted molar refractivity (Wildman–Crippen MR) is 91.2 cm³/mol. The van der Waals surface area contributed by atoms with Crippen LogP contribution in [0.15, 0.2) is 76.2 Å². The summed E-state index contributed by atoms with van der Waals surface area (Å²) in [5.74, 6) is -0.00420. The number of aliphatic hydroxyl groups is 1.